The Morgan fingerprint density at radius 1 is 1.04 bits per heavy atom. The van der Waals surface area contributed by atoms with Gasteiger partial charge in [0.15, 0.2) is 0 Å². The number of nitrogens with zero attached hydrogens (tertiary/aromatic N) is 1. The van der Waals surface area contributed by atoms with Crippen molar-refractivity contribution < 1.29 is 19.0 Å². The van der Waals surface area contributed by atoms with Crippen LogP contribution >= 0.6 is 0 Å². The van der Waals surface area contributed by atoms with Crippen LogP contribution < -0.4 is 25.0 Å². The minimum atomic E-state index is -0.283. The van der Waals surface area contributed by atoms with Crippen molar-refractivity contribution in [1.82, 2.24) is 5.43 Å². The lowest BCUT2D eigenvalue weighted by Crippen LogP contribution is -2.26. The number of hydrogen-bond acceptors (Lipinski definition) is 6. The highest BCUT2D eigenvalue weighted by molar-refractivity contribution is 5.86. The molecule has 0 spiro atoms. The van der Waals surface area contributed by atoms with Crippen molar-refractivity contribution in [3.05, 3.63) is 48.0 Å². The molecule has 0 heterocycles. The van der Waals surface area contributed by atoms with Crippen molar-refractivity contribution in [2.45, 2.75) is 0 Å². The summed E-state index contributed by atoms with van der Waals surface area (Å²) in [4.78, 5) is 11.9. The summed E-state index contributed by atoms with van der Waals surface area (Å²) in [5, 5.41) is 6.94. The van der Waals surface area contributed by atoms with E-state index < -0.39 is 0 Å². The number of hydrogen-bond donors (Lipinski definition) is 2. The van der Waals surface area contributed by atoms with Gasteiger partial charge in [-0.25, -0.2) is 5.43 Å². The molecule has 2 aromatic carbocycles. The zero-order chi connectivity index (χ0) is 18.1. The smallest absolute Gasteiger partial charge is 0.259 e. The lowest BCUT2D eigenvalue weighted by molar-refractivity contribution is -0.119. The number of para-hydroxylation sites is 2. The third-order valence-corrected chi connectivity index (χ3v) is 3.38. The molecule has 0 unspecified atom stereocenters. The summed E-state index contributed by atoms with van der Waals surface area (Å²) in [6.07, 6.45) is 1.51. The van der Waals surface area contributed by atoms with Crippen LogP contribution in [0.15, 0.2) is 47.6 Å². The van der Waals surface area contributed by atoms with Gasteiger partial charge in [0.2, 0.25) is 0 Å². The summed E-state index contributed by atoms with van der Waals surface area (Å²) in [5.74, 6) is 1.67. The van der Waals surface area contributed by atoms with Crippen molar-refractivity contribution in [3.8, 4) is 17.2 Å². The van der Waals surface area contributed by atoms with Gasteiger partial charge in [0.1, 0.15) is 17.2 Å². The van der Waals surface area contributed by atoms with Crippen molar-refractivity contribution >= 4 is 17.8 Å². The molecule has 0 saturated heterocycles. The Labute approximate surface area is 146 Å². The van der Waals surface area contributed by atoms with Gasteiger partial charge in [-0.05, 0) is 24.3 Å². The number of rotatable bonds is 8. The standard InChI is InChI=1S/C18H21N3O4/c1-23-14-9-8-13(17(10-14)25-3)11-20-21-18(22)12-19-15-6-4-5-7-16(15)24-2/h4-11,19H,12H2,1-3H3,(H,21,22)/b20-11+. The number of benzene rings is 2. The number of anilines is 1. The molecule has 2 rings (SSSR count). The summed E-state index contributed by atoms with van der Waals surface area (Å²) < 4.78 is 15.6. The summed E-state index contributed by atoms with van der Waals surface area (Å²) in [5.41, 5.74) is 3.92. The van der Waals surface area contributed by atoms with E-state index in [2.05, 4.69) is 15.8 Å². The van der Waals surface area contributed by atoms with Crippen LogP contribution in [0.2, 0.25) is 0 Å². The molecule has 0 aliphatic heterocycles. The Morgan fingerprint density at radius 3 is 2.52 bits per heavy atom. The van der Waals surface area contributed by atoms with E-state index in [9.17, 15) is 4.79 Å². The Morgan fingerprint density at radius 2 is 1.80 bits per heavy atom. The number of methoxy groups -OCH3 is 3. The van der Waals surface area contributed by atoms with Crippen LogP contribution in [0.5, 0.6) is 17.2 Å². The van der Waals surface area contributed by atoms with E-state index in [-0.39, 0.29) is 12.5 Å². The van der Waals surface area contributed by atoms with Crippen molar-refractivity contribution in [2.75, 3.05) is 33.2 Å². The second-order valence-corrected chi connectivity index (χ2v) is 4.95. The van der Waals surface area contributed by atoms with Gasteiger partial charge < -0.3 is 19.5 Å². The van der Waals surface area contributed by atoms with Gasteiger partial charge in [-0.1, -0.05) is 12.1 Å². The third-order valence-electron chi connectivity index (χ3n) is 3.38. The van der Waals surface area contributed by atoms with Crippen molar-refractivity contribution in [3.63, 3.8) is 0 Å². The molecule has 0 atom stereocenters. The van der Waals surface area contributed by atoms with E-state index in [1.54, 1.807) is 39.5 Å². The van der Waals surface area contributed by atoms with Gasteiger partial charge in [0, 0.05) is 11.6 Å². The number of nitrogens with one attached hydrogen (secondary N) is 2. The third kappa shape index (κ3) is 5.13. The average Bonchev–Trinajstić information content (AvgIpc) is 2.66. The Bertz CT molecular complexity index is 747. The second-order valence-electron chi connectivity index (χ2n) is 4.95. The van der Waals surface area contributed by atoms with E-state index in [4.69, 9.17) is 14.2 Å². The molecule has 7 heteroatoms. The molecule has 0 aromatic heterocycles. The van der Waals surface area contributed by atoms with Crippen LogP contribution in [0.3, 0.4) is 0 Å². The van der Waals surface area contributed by atoms with Crippen LogP contribution in [-0.4, -0.2) is 40.0 Å². The van der Waals surface area contributed by atoms with Gasteiger partial charge in [-0.15, -0.1) is 0 Å². The summed E-state index contributed by atoms with van der Waals surface area (Å²) in [6, 6.07) is 12.7. The fourth-order valence-corrected chi connectivity index (χ4v) is 2.10. The van der Waals surface area contributed by atoms with Crippen LogP contribution in [0.25, 0.3) is 0 Å². The number of amides is 1. The summed E-state index contributed by atoms with van der Waals surface area (Å²) in [7, 11) is 4.71. The highest BCUT2D eigenvalue weighted by Gasteiger charge is 2.05. The lowest BCUT2D eigenvalue weighted by Gasteiger charge is -2.10. The number of hydrazone groups is 1. The normalized spacial score (nSPS) is 10.4. The lowest BCUT2D eigenvalue weighted by atomic mass is 10.2. The van der Waals surface area contributed by atoms with Gasteiger partial charge in [-0.2, -0.15) is 5.10 Å². The molecule has 132 valence electrons. The fraction of sp³-hybridized carbons (Fsp3) is 0.222. The predicted octanol–water partition coefficient (Wildman–Crippen LogP) is 2.27. The first-order valence-corrected chi connectivity index (χ1v) is 7.58. The maximum Gasteiger partial charge on any atom is 0.259 e. The molecule has 0 bridgehead atoms. The van der Waals surface area contributed by atoms with Crippen LogP contribution in [0, 0.1) is 0 Å². The molecule has 2 N–H and O–H groups in total. The Hall–Kier alpha value is -3.22. The van der Waals surface area contributed by atoms with E-state index >= 15 is 0 Å². The first-order valence-electron chi connectivity index (χ1n) is 7.58. The second kappa shape index (κ2) is 9.17. The topological polar surface area (TPSA) is 81.2 Å². The monoisotopic (exact) mass is 343 g/mol. The first-order chi connectivity index (χ1) is 12.2. The number of ether oxygens (including phenoxy) is 3. The maximum atomic E-state index is 11.9. The maximum absolute atomic E-state index is 11.9. The minimum absolute atomic E-state index is 0.0669. The molecule has 0 aliphatic carbocycles. The van der Waals surface area contributed by atoms with Crippen molar-refractivity contribution in [1.29, 1.82) is 0 Å². The minimum Gasteiger partial charge on any atom is -0.497 e. The molecule has 2 aromatic rings. The van der Waals surface area contributed by atoms with E-state index in [0.717, 1.165) is 11.3 Å². The molecule has 0 saturated carbocycles. The first kappa shape index (κ1) is 18.1. The fourth-order valence-electron chi connectivity index (χ4n) is 2.10. The van der Waals surface area contributed by atoms with E-state index in [1.807, 2.05) is 24.3 Å². The highest BCUT2D eigenvalue weighted by Crippen LogP contribution is 2.23. The molecular weight excluding hydrogens is 322 g/mol. The van der Waals surface area contributed by atoms with Gasteiger partial charge in [0.05, 0.1) is 39.8 Å². The average molecular weight is 343 g/mol. The number of carbonyl (C=O) groups excluding carboxylic acids is 1. The van der Waals surface area contributed by atoms with E-state index in [0.29, 0.717) is 17.2 Å². The van der Waals surface area contributed by atoms with Gasteiger partial charge in [-0.3, -0.25) is 4.79 Å². The Kier molecular flexibility index (Phi) is 6.65. The summed E-state index contributed by atoms with van der Waals surface area (Å²) in [6.45, 7) is 0.0669. The van der Waals surface area contributed by atoms with Crippen LogP contribution in [-0.2, 0) is 4.79 Å². The molecular formula is C18H21N3O4. The SMILES string of the molecule is COc1ccc(/C=N/NC(=O)CNc2ccccc2OC)c(OC)c1. The molecule has 0 aliphatic rings. The van der Waals surface area contributed by atoms with Gasteiger partial charge in [0.25, 0.3) is 5.91 Å². The van der Waals surface area contributed by atoms with E-state index in [1.165, 1.54) is 6.21 Å². The zero-order valence-corrected chi connectivity index (χ0v) is 14.4. The molecule has 1 amide bonds. The zero-order valence-electron chi connectivity index (χ0n) is 14.4. The summed E-state index contributed by atoms with van der Waals surface area (Å²) >= 11 is 0. The number of carbonyl (C=O) groups is 1. The molecule has 25 heavy (non-hydrogen) atoms. The largest absolute Gasteiger partial charge is 0.497 e. The predicted molar refractivity (Wildman–Crippen MR) is 96.8 cm³/mol. The van der Waals surface area contributed by atoms with Crippen LogP contribution in [0.1, 0.15) is 5.56 Å². The molecule has 7 nitrogen and oxygen atoms in total. The van der Waals surface area contributed by atoms with Crippen LogP contribution in [0.4, 0.5) is 5.69 Å². The quantitative estimate of drug-likeness (QED) is 0.568. The van der Waals surface area contributed by atoms with Crippen molar-refractivity contribution in [2.24, 2.45) is 5.10 Å². The Balaban J connectivity index is 1.90. The van der Waals surface area contributed by atoms with Gasteiger partial charge >= 0.3 is 0 Å². The highest BCUT2D eigenvalue weighted by atomic mass is 16.5. The molecule has 0 radical (unpaired) electrons. The molecule has 0 fully saturated rings.